The van der Waals surface area contributed by atoms with E-state index in [4.69, 9.17) is 16.3 Å². The molecule has 2 aliphatic rings. The number of amides is 2. The highest BCUT2D eigenvalue weighted by Gasteiger charge is 2.41. The molecule has 2 aromatic carbocycles. The Bertz CT molecular complexity index is 1110. The number of piperazine rings is 1. The normalized spacial score (nSPS) is 20.9. The number of hydrogen-bond acceptors (Lipinski definition) is 4. The van der Waals surface area contributed by atoms with Gasteiger partial charge in [-0.05, 0) is 75.8 Å². The quantitative estimate of drug-likeness (QED) is 0.534. The monoisotopic (exact) mass is 511 g/mol. The number of ether oxygens (including phenoxy) is 1. The Kier molecular flexibility index (Phi) is 7.84. The van der Waals surface area contributed by atoms with Crippen molar-refractivity contribution in [1.29, 1.82) is 0 Å². The molecule has 2 amide bonds. The maximum atomic E-state index is 14.0. The first-order valence-corrected chi connectivity index (χ1v) is 13.2. The first-order valence-electron chi connectivity index (χ1n) is 12.9. The lowest BCUT2D eigenvalue weighted by atomic mass is 9.78. The lowest BCUT2D eigenvalue weighted by Crippen LogP contribution is -2.55. The van der Waals surface area contributed by atoms with Crippen molar-refractivity contribution in [3.05, 3.63) is 64.2 Å². The molecule has 7 heteroatoms. The molecule has 0 spiro atoms. The average Bonchev–Trinajstić information content (AvgIpc) is 2.84. The maximum absolute atomic E-state index is 14.0. The van der Waals surface area contributed by atoms with E-state index in [1.807, 2.05) is 56.0 Å². The molecule has 0 N–H and O–H groups in total. The third-order valence-corrected chi connectivity index (χ3v) is 7.51. The number of rotatable bonds is 3. The highest BCUT2D eigenvalue weighted by Crippen LogP contribution is 2.37. The number of aryl methyl sites for hydroxylation is 2. The van der Waals surface area contributed by atoms with Gasteiger partial charge in [0.2, 0.25) is 5.91 Å². The Hall–Kier alpha value is -2.73. The lowest BCUT2D eigenvalue weighted by molar-refractivity contribution is -0.138. The number of benzene rings is 2. The summed E-state index contributed by atoms with van der Waals surface area (Å²) in [7, 11) is 0. The van der Waals surface area contributed by atoms with Gasteiger partial charge in [0.05, 0.1) is 5.92 Å². The minimum atomic E-state index is -0.571. The molecule has 2 aliphatic heterocycles. The fourth-order valence-electron chi connectivity index (χ4n) is 5.40. The van der Waals surface area contributed by atoms with Crippen molar-refractivity contribution in [2.24, 2.45) is 5.92 Å². The maximum Gasteiger partial charge on any atom is 0.410 e. The molecule has 6 nitrogen and oxygen atoms in total. The van der Waals surface area contributed by atoms with E-state index in [1.54, 1.807) is 4.90 Å². The van der Waals surface area contributed by atoms with Crippen molar-refractivity contribution in [3.8, 4) is 0 Å². The summed E-state index contributed by atoms with van der Waals surface area (Å²) in [6, 6.07) is 14.2. The van der Waals surface area contributed by atoms with Crippen molar-refractivity contribution in [1.82, 2.24) is 9.80 Å². The molecule has 0 bridgehead atoms. The Balaban J connectivity index is 1.52. The average molecular weight is 512 g/mol. The van der Waals surface area contributed by atoms with Gasteiger partial charge in [-0.3, -0.25) is 4.79 Å². The fraction of sp³-hybridized carbons (Fsp3) is 0.517. The van der Waals surface area contributed by atoms with E-state index >= 15 is 0 Å². The van der Waals surface area contributed by atoms with Crippen LogP contribution in [0.2, 0.25) is 5.02 Å². The first-order chi connectivity index (χ1) is 17.0. The van der Waals surface area contributed by atoms with E-state index in [-0.39, 0.29) is 23.8 Å². The zero-order chi connectivity index (χ0) is 26.0. The molecule has 2 aromatic rings. The van der Waals surface area contributed by atoms with Crippen LogP contribution in [0.15, 0.2) is 42.5 Å². The predicted octanol–water partition coefficient (Wildman–Crippen LogP) is 5.65. The van der Waals surface area contributed by atoms with E-state index in [0.717, 1.165) is 30.2 Å². The summed E-state index contributed by atoms with van der Waals surface area (Å²) in [4.78, 5) is 32.9. The highest BCUT2D eigenvalue weighted by atomic mass is 35.5. The van der Waals surface area contributed by atoms with Gasteiger partial charge in [-0.15, -0.1) is 0 Å². The topological polar surface area (TPSA) is 53.1 Å². The molecular weight excluding hydrogens is 474 g/mol. The Morgan fingerprint density at radius 2 is 1.61 bits per heavy atom. The standard InChI is InChI=1S/C29H38ClN3O3/c1-20-8-6-7-9-23(20)24-12-13-33(28(35)36-29(3,4)5)19-25(24)27(34)32-16-14-31(15-17-32)26-18-22(30)11-10-21(26)2/h6-11,18,24-25H,12-17,19H2,1-5H3/t24-,25-/m1/s1. The third-order valence-electron chi connectivity index (χ3n) is 7.27. The molecule has 0 aromatic heterocycles. The zero-order valence-corrected chi connectivity index (χ0v) is 22.8. The summed E-state index contributed by atoms with van der Waals surface area (Å²) < 4.78 is 5.64. The van der Waals surface area contributed by atoms with E-state index in [1.165, 1.54) is 16.7 Å². The van der Waals surface area contributed by atoms with Crippen molar-refractivity contribution in [2.45, 2.75) is 52.6 Å². The molecular formula is C29H38ClN3O3. The zero-order valence-electron chi connectivity index (χ0n) is 22.1. The summed E-state index contributed by atoms with van der Waals surface area (Å²) in [5.41, 5.74) is 4.12. The van der Waals surface area contributed by atoms with E-state index in [2.05, 4.69) is 30.9 Å². The molecule has 2 saturated heterocycles. The largest absolute Gasteiger partial charge is 0.444 e. The first kappa shape index (κ1) is 26.3. The molecule has 0 radical (unpaired) electrons. The summed E-state index contributed by atoms with van der Waals surface area (Å²) in [5.74, 6) is -0.101. The summed E-state index contributed by atoms with van der Waals surface area (Å²) >= 11 is 6.25. The molecule has 0 aliphatic carbocycles. The van der Waals surface area contributed by atoms with E-state index < -0.39 is 5.60 Å². The van der Waals surface area contributed by atoms with Crippen LogP contribution in [0.4, 0.5) is 10.5 Å². The van der Waals surface area contributed by atoms with E-state index in [0.29, 0.717) is 26.2 Å². The number of piperidine rings is 1. The number of hydrogen-bond donors (Lipinski definition) is 0. The second-order valence-electron chi connectivity index (χ2n) is 11.0. The van der Waals surface area contributed by atoms with Gasteiger partial charge < -0.3 is 19.4 Å². The van der Waals surface area contributed by atoms with Crippen molar-refractivity contribution < 1.29 is 14.3 Å². The van der Waals surface area contributed by atoms with Crippen LogP contribution in [0.3, 0.4) is 0 Å². The van der Waals surface area contributed by atoms with Crippen LogP contribution < -0.4 is 4.90 Å². The summed E-state index contributed by atoms with van der Waals surface area (Å²) in [6.07, 6.45) is 0.395. The van der Waals surface area contributed by atoms with Gasteiger partial charge in [0.1, 0.15) is 5.60 Å². The van der Waals surface area contributed by atoms with Gasteiger partial charge in [-0.1, -0.05) is 41.9 Å². The van der Waals surface area contributed by atoms with Gasteiger partial charge in [-0.2, -0.15) is 0 Å². The minimum Gasteiger partial charge on any atom is -0.444 e. The van der Waals surface area contributed by atoms with Crippen LogP contribution in [0.1, 0.15) is 49.8 Å². The molecule has 0 saturated carbocycles. The van der Waals surface area contributed by atoms with E-state index in [9.17, 15) is 9.59 Å². The lowest BCUT2D eigenvalue weighted by Gasteiger charge is -2.43. The summed E-state index contributed by atoms with van der Waals surface area (Å²) in [5, 5.41) is 0.722. The second kappa shape index (κ2) is 10.7. The number of carbonyl (C=O) groups excluding carboxylic acids is 2. The molecule has 36 heavy (non-hydrogen) atoms. The van der Waals surface area contributed by atoms with Crippen molar-refractivity contribution >= 4 is 29.3 Å². The smallest absolute Gasteiger partial charge is 0.410 e. The second-order valence-corrected chi connectivity index (χ2v) is 11.5. The Labute approximate surface area is 220 Å². The van der Waals surface area contributed by atoms with Crippen molar-refractivity contribution in [2.75, 3.05) is 44.2 Å². The van der Waals surface area contributed by atoms with Crippen LogP contribution in [-0.2, 0) is 9.53 Å². The van der Waals surface area contributed by atoms with Crippen molar-refractivity contribution in [3.63, 3.8) is 0 Å². The van der Waals surface area contributed by atoms with Gasteiger partial charge in [0.25, 0.3) is 0 Å². The number of nitrogens with zero attached hydrogens (tertiary/aromatic N) is 3. The van der Waals surface area contributed by atoms with Crippen LogP contribution in [0.5, 0.6) is 0 Å². The molecule has 2 heterocycles. The molecule has 2 fully saturated rings. The van der Waals surface area contributed by atoms with Gasteiger partial charge in [0, 0.05) is 50.0 Å². The molecule has 4 rings (SSSR count). The van der Waals surface area contributed by atoms with Gasteiger partial charge in [0.15, 0.2) is 0 Å². The van der Waals surface area contributed by atoms with Crippen LogP contribution in [-0.4, -0.2) is 66.7 Å². The predicted molar refractivity (Wildman–Crippen MR) is 145 cm³/mol. The number of halogens is 1. The third kappa shape index (κ3) is 5.97. The van der Waals surface area contributed by atoms with Gasteiger partial charge in [-0.25, -0.2) is 4.79 Å². The Morgan fingerprint density at radius 3 is 2.28 bits per heavy atom. The molecule has 194 valence electrons. The van der Waals surface area contributed by atoms with Gasteiger partial charge >= 0.3 is 6.09 Å². The molecule has 2 atom stereocenters. The van der Waals surface area contributed by atoms with Crippen LogP contribution in [0.25, 0.3) is 0 Å². The summed E-state index contributed by atoms with van der Waals surface area (Å²) in [6.45, 7) is 13.6. The van der Waals surface area contributed by atoms with Crippen LogP contribution >= 0.6 is 11.6 Å². The highest BCUT2D eigenvalue weighted by molar-refractivity contribution is 6.30. The fourth-order valence-corrected chi connectivity index (χ4v) is 5.56. The number of anilines is 1. The SMILES string of the molecule is Cc1ccccc1[C@H]1CCN(C(=O)OC(C)(C)C)C[C@H]1C(=O)N1CCN(c2cc(Cl)ccc2C)CC1. The molecule has 0 unspecified atom stereocenters. The minimum absolute atomic E-state index is 0.0746. The Morgan fingerprint density at radius 1 is 0.917 bits per heavy atom. The number of carbonyl (C=O) groups is 2. The number of likely N-dealkylation sites (tertiary alicyclic amines) is 1. The van der Waals surface area contributed by atoms with Crippen LogP contribution in [0, 0.1) is 19.8 Å².